The van der Waals surface area contributed by atoms with Crippen LogP contribution in [-0.2, 0) is 19.9 Å². The molecule has 6 nitrogen and oxygen atoms in total. The van der Waals surface area contributed by atoms with E-state index in [1.807, 2.05) is 0 Å². The summed E-state index contributed by atoms with van der Waals surface area (Å²) in [5.41, 5.74) is 6.45. The zero-order valence-electron chi connectivity index (χ0n) is 11.0. The van der Waals surface area contributed by atoms with E-state index in [1.165, 1.54) is 13.0 Å². The Labute approximate surface area is 114 Å². The molecule has 1 aromatic rings. The first-order valence-corrected chi connectivity index (χ1v) is 9.12. The largest absolute Gasteiger partial charge is 0.399 e. The maximum Gasteiger partial charge on any atom is 0.241 e. The number of nitrogen functional groups attached to an aromatic ring is 1. The molecule has 1 rings (SSSR count). The molecule has 1 atom stereocenters. The first kappa shape index (κ1) is 15.9. The van der Waals surface area contributed by atoms with E-state index in [-0.39, 0.29) is 10.6 Å². The predicted octanol–water partition coefficient (Wildman–Crippen LogP) is 0.289. The van der Waals surface area contributed by atoms with Crippen LogP contribution in [0.5, 0.6) is 0 Å². The fourth-order valence-corrected chi connectivity index (χ4v) is 4.34. The van der Waals surface area contributed by atoms with E-state index in [0.29, 0.717) is 11.3 Å². The standard InChI is InChI=1S/C11H18N2O4S2/c1-8-4-5-10(12)6-11(8)19(16,17)13-9(2)7-18(3,14)15/h4-6,9,13H,7,12H2,1-3H3. The summed E-state index contributed by atoms with van der Waals surface area (Å²) in [6.45, 7) is 3.15. The Morgan fingerprint density at radius 3 is 2.37 bits per heavy atom. The lowest BCUT2D eigenvalue weighted by Gasteiger charge is -2.15. The van der Waals surface area contributed by atoms with E-state index >= 15 is 0 Å². The zero-order valence-corrected chi connectivity index (χ0v) is 12.7. The van der Waals surface area contributed by atoms with Gasteiger partial charge in [-0.2, -0.15) is 0 Å². The van der Waals surface area contributed by atoms with E-state index in [1.54, 1.807) is 19.1 Å². The molecule has 0 heterocycles. The molecule has 0 saturated heterocycles. The van der Waals surface area contributed by atoms with Crippen molar-refractivity contribution >= 4 is 25.5 Å². The van der Waals surface area contributed by atoms with Crippen molar-refractivity contribution in [3.05, 3.63) is 23.8 Å². The van der Waals surface area contributed by atoms with Gasteiger partial charge in [-0.3, -0.25) is 0 Å². The highest BCUT2D eigenvalue weighted by Gasteiger charge is 2.21. The molecule has 0 bridgehead atoms. The molecule has 1 unspecified atom stereocenters. The van der Waals surface area contributed by atoms with Crippen LogP contribution in [0, 0.1) is 6.92 Å². The second-order valence-electron chi connectivity index (χ2n) is 4.64. The third-order valence-corrected chi connectivity index (χ3v) is 5.25. The van der Waals surface area contributed by atoms with Gasteiger partial charge < -0.3 is 5.73 Å². The molecular formula is C11H18N2O4S2. The van der Waals surface area contributed by atoms with Crippen molar-refractivity contribution < 1.29 is 16.8 Å². The maximum atomic E-state index is 12.1. The molecule has 0 aromatic heterocycles. The number of hydrogen-bond acceptors (Lipinski definition) is 5. The minimum Gasteiger partial charge on any atom is -0.399 e. The predicted molar refractivity (Wildman–Crippen MR) is 75.1 cm³/mol. The van der Waals surface area contributed by atoms with Crippen LogP contribution in [0.15, 0.2) is 23.1 Å². The Hall–Kier alpha value is -1.12. The van der Waals surface area contributed by atoms with Gasteiger partial charge in [0.15, 0.2) is 0 Å². The molecule has 0 aliphatic heterocycles. The third kappa shape index (κ3) is 4.81. The van der Waals surface area contributed by atoms with Gasteiger partial charge in [-0.05, 0) is 31.5 Å². The van der Waals surface area contributed by atoms with Gasteiger partial charge >= 0.3 is 0 Å². The molecule has 108 valence electrons. The lowest BCUT2D eigenvalue weighted by Crippen LogP contribution is -2.37. The molecule has 1 aromatic carbocycles. The molecule has 0 saturated carbocycles. The average molecular weight is 306 g/mol. The molecule has 0 spiro atoms. The molecule has 0 radical (unpaired) electrons. The topological polar surface area (TPSA) is 106 Å². The number of rotatable bonds is 5. The van der Waals surface area contributed by atoms with Gasteiger partial charge in [-0.15, -0.1) is 0 Å². The van der Waals surface area contributed by atoms with Gasteiger partial charge in [0.2, 0.25) is 10.0 Å². The maximum absolute atomic E-state index is 12.1. The summed E-state index contributed by atoms with van der Waals surface area (Å²) >= 11 is 0. The van der Waals surface area contributed by atoms with Gasteiger partial charge in [-0.1, -0.05) is 6.07 Å². The van der Waals surface area contributed by atoms with Crippen molar-refractivity contribution in [3.63, 3.8) is 0 Å². The van der Waals surface area contributed by atoms with Crippen molar-refractivity contribution in [3.8, 4) is 0 Å². The number of nitrogens with one attached hydrogen (secondary N) is 1. The summed E-state index contributed by atoms with van der Waals surface area (Å²) in [5, 5.41) is 0. The van der Waals surface area contributed by atoms with E-state index < -0.39 is 25.9 Å². The highest BCUT2D eigenvalue weighted by Crippen LogP contribution is 2.18. The van der Waals surface area contributed by atoms with Crippen LogP contribution in [0.2, 0.25) is 0 Å². The Bertz CT molecular complexity index is 666. The monoisotopic (exact) mass is 306 g/mol. The Morgan fingerprint density at radius 2 is 1.84 bits per heavy atom. The minimum atomic E-state index is -3.78. The first-order valence-electron chi connectivity index (χ1n) is 5.57. The Morgan fingerprint density at radius 1 is 1.26 bits per heavy atom. The van der Waals surface area contributed by atoms with Crippen molar-refractivity contribution in [1.29, 1.82) is 0 Å². The Kier molecular flexibility index (Phi) is 4.59. The van der Waals surface area contributed by atoms with Gasteiger partial charge in [0.25, 0.3) is 0 Å². The smallest absolute Gasteiger partial charge is 0.241 e. The highest BCUT2D eigenvalue weighted by molar-refractivity contribution is 7.91. The number of sulfone groups is 1. The van der Waals surface area contributed by atoms with Crippen LogP contribution in [0.3, 0.4) is 0 Å². The number of sulfonamides is 1. The van der Waals surface area contributed by atoms with Crippen LogP contribution in [0.1, 0.15) is 12.5 Å². The minimum absolute atomic E-state index is 0.0628. The summed E-state index contributed by atoms with van der Waals surface area (Å²) in [4.78, 5) is 0.0628. The van der Waals surface area contributed by atoms with Gasteiger partial charge in [0, 0.05) is 18.0 Å². The summed E-state index contributed by atoms with van der Waals surface area (Å²) in [7, 11) is -7.03. The van der Waals surface area contributed by atoms with E-state index in [0.717, 1.165) is 6.26 Å². The number of nitrogens with two attached hydrogens (primary N) is 1. The molecule has 3 N–H and O–H groups in total. The van der Waals surface area contributed by atoms with Crippen LogP contribution >= 0.6 is 0 Å². The molecular weight excluding hydrogens is 288 g/mol. The normalized spacial score (nSPS) is 14.3. The zero-order chi connectivity index (χ0) is 14.8. The molecule has 19 heavy (non-hydrogen) atoms. The number of hydrogen-bond donors (Lipinski definition) is 2. The van der Waals surface area contributed by atoms with Crippen molar-refractivity contribution in [2.75, 3.05) is 17.7 Å². The fraction of sp³-hybridized carbons (Fsp3) is 0.455. The second-order valence-corrected chi connectivity index (χ2v) is 8.51. The molecule has 0 amide bonds. The quantitative estimate of drug-likeness (QED) is 0.760. The summed E-state index contributed by atoms with van der Waals surface area (Å²) in [5.74, 6) is -0.256. The summed E-state index contributed by atoms with van der Waals surface area (Å²) in [6, 6.07) is 3.85. The molecule has 8 heteroatoms. The first-order chi connectivity index (χ1) is 8.51. The van der Waals surface area contributed by atoms with E-state index in [4.69, 9.17) is 5.73 Å². The SMILES string of the molecule is Cc1ccc(N)cc1S(=O)(=O)NC(C)CS(C)(=O)=O. The van der Waals surface area contributed by atoms with Gasteiger partial charge in [-0.25, -0.2) is 21.6 Å². The van der Waals surface area contributed by atoms with Crippen LogP contribution in [-0.4, -0.2) is 34.9 Å². The van der Waals surface area contributed by atoms with Crippen LogP contribution in [0.4, 0.5) is 5.69 Å². The van der Waals surface area contributed by atoms with Crippen molar-refractivity contribution in [1.82, 2.24) is 4.72 Å². The van der Waals surface area contributed by atoms with E-state index in [9.17, 15) is 16.8 Å². The van der Waals surface area contributed by atoms with Crippen LogP contribution in [0.25, 0.3) is 0 Å². The lowest BCUT2D eigenvalue weighted by atomic mass is 10.2. The van der Waals surface area contributed by atoms with Crippen LogP contribution < -0.4 is 10.5 Å². The average Bonchev–Trinajstić information content (AvgIpc) is 2.17. The summed E-state index contributed by atoms with van der Waals surface area (Å²) < 4.78 is 48.9. The van der Waals surface area contributed by atoms with Gasteiger partial charge in [0.05, 0.1) is 10.6 Å². The number of anilines is 1. The van der Waals surface area contributed by atoms with Crippen molar-refractivity contribution in [2.45, 2.75) is 24.8 Å². The highest BCUT2D eigenvalue weighted by atomic mass is 32.2. The molecule has 0 aliphatic carbocycles. The second kappa shape index (κ2) is 5.48. The number of aryl methyl sites for hydroxylation is 1. The fourth-order valence-electron chi connectivity index (χ4n) is 1.72. The number of benzene rings is 1. The molecule has 0 aliphatic rings. The van der Waals surface area contributed by atoms with Crippen molar-refractivity contribution in [2.24, 2.45) is 0 Å². The molecule has 0 fully saturated rings. The van der Waals surface area contributed by atoms with E-state index in [2.05, 4.69) is 4.72 Å². The summed E-state index contributed by atoms with van der Waals surface area (Å²) in [6.07, 6.45) is 1.06. The third-order valence-electron chi connectivity index (χ3n) is 2.41. The van der Waals surface area contributed by atoms with Gasteiger partial charge in [0.1, 0.15) is 9.84 Å². The Balaban J connectivity index is 3.02. The lowest BCUT2D eigenvalue weighted by molar-refractivity contribution is 0.564.